The van der Waals surface area contributed by atoms with E-state index >= 15 is 0 Å². The van der Waals surface area contributed by atoms with Crippen molar-refractivity contribution in [3.63, 3.8) is 0 Å². The lowest BCUT2D eigenvalue weighted by atomic mass is 10.2. The third kappa shape index (κ3) is 3.03. The Balaban J connectivity index is 1.90. The molecular formula is C12H16BrNO. The number of nitrogens with zero attached hydrogens (tertiary/aromatic N) is 1. The van der Waals surface area contributed by atoms with Crippen LogP contribution >= 0.6 is 15.9 Å². The standard InChI is InChI=1S/C12H16BrNO/c1-15-12-6-7-14(9-12)8-10-2-4-11(13)5-3-10/h2-5,12H,6-9H2,1H3. The number of hydrogen-bond acceptors (Lipinski definition) is 2. The number of methoxy groups -OCH3 is 1. The van der Waals surface area contributed by atoms with E-state index in [1.54, 1.807) is 7.11 Å². The predicted molar refractivity (Wildman–Crippen MR) is 64.8 cm³/mol. The lowest BCUT2D eigenvalue weighted by Crippen LogP contribution is -2.22. The van der Waals surface area contributed by atoms with Crippen molar-refractivity contribution in [1.29, 1.82) is 0 Å². The van der Waals surface area contributed by atoms with Crippen LogP contribution < -0.4 is 0 Å². The Morgan fingerprint density at radius 3 is 2.73 bits per heavy atom. The molecule has 3 heteroatoms. The van der Waals surface area contributed by atoms with Gasteiger partial charge in [-0.25, -0.2) is 0 Å². The van der Waals surface area contributed by atoms with Crippen LogP contribution in [0.4, 0.5) is 0 Å². The molecule has 1 aromatic carbocycles. The largest absolute Gasteiger partial charge is 0.380 e. The highest BCUT2D eigenvalue weighted by Crippen LogP contribution is 2.17. The highest BCUT2D eigenvalue weighted by molar-refractivity contribution is 9.10. The molecule has 0 aliphatic carbocycles. The Hall–Kier alpha value is -0.380. The van der Waals surface area contributed by atoms with Crippen LogP contribution in [0.5, 0.6) is 0 Å². The van der Waals surface area contributed by atoms with Crippen LogP contribution in [0.2, 0.25) is 0 Å². The van der Waals surface area contributed by atoms with Gasteiger partial charge in [-0.15, -0.1) is 0 Å². The average molecular weight is 270 g/mol. The number of benzene rings is 1. The Morgan fingerprint density at radius 1 is 1.40 bits per heavy atom. The molecule has 0 spiro atoms. The maximum Gasteiger partial charge on any atom is 0.0710 e. The van der Waals surface area contributed by atoms with Gasteiger partial charge < -0.3 is 4.74 Å². The van der Waals surface area contributed by atoms with E-state index in [0.29, 0.717) is 6.10 Å². The quantitative estimate of drug-likeness (QED) is 0.837. The second-order valence-electron chi connectivity index (χ2n) is 4.01. The predicted octanol–water partition coefficient (Wildman–Crippen LogP) is 2.67. The molecule has 1 heterocycles. The van der Waals surface area contributed by atoms with Crippen molar-refractivity contribution in [2.24, 2.45) is 0 Å². The molecule has 0 aromatic heterocycles. The zero-order valence-corrected chi connectivity index (χ0v) is 10.5. The lowest BCUT2D eigenvalue weighted by Gasteiger charge is -2.15. The van der Waals surface area contributed by atoms with Gasteiger partial charge in [0.15, 0.2) is 0 Å². The molecule has 0 amide bonds. The fourth-order valence-corrected chi connectivity index (χ4v) is 2.25. The van der Waals surface area contributed by atoms with Gasteiger partial charge in [-0.3, -0.25) is 4.90 Å². The molecule has 0 N–H and O–H groups in total. The zero-order valence-electron chi connectivity index (χ0n) is 8.95. The molecule has 0 saturated carbocycles. The maximum atomic E-state index is 5.35. The molecule has 1 aromatic rings. The number of likely N-dealkylation sites (tertiary alicyclic amines) is 1. The summed E-state index contributed by atoms with van der Waals surface area (Å²) in [6, 6.07) is 8.53. The van der Waals surface area contributed by atoms with Crippen LogP contribution in [0.15, 0.2) is 28.7 Å². The van der Waals surface area contributed by atoms with Gasteiger partial charge >= 0.3 is 0 Å². The summed E-state index contributed by atoms with van der Waals surface area (Å²) in [5, 5.41) is 0. The molecule has 1 fully saturated rings. The van der Waals surface area contributed by atoms with Gasteiger partial charge in [-0.2, -0.15) is 0 Å². The molecular weight excluding hydrogens is 254 g/mol. The summed E-state index contributed by atoms with van der Waals surface area (Å²) >= 11 is 3.45. The molecule has 0 radical (unpaired) electrons. The highest BCUT2D eigenvalue weighted by atomic mass is 79.9. The third-order valence-electron chi connectivity index (χ3n) is 2.88. The normalized spacial score (nSPS) is 22.1. The summed E-state index contributed by atoms with van der Waals surface area (Å²) in [5.74, 6) is 0. The van der Waals surface area contributed by atoms with Crippen LogP contribution in [0.3, 0.4) is 0 Å². The van der Waals surface area contributed by atoms with Crippen molar-refractivity contribution < 1.29 is 4.74 Å². The van der Waals surface area contributed by atoms with Gasteiger partial charge in [0.1, 0.15) is 0 Å². The first kappa shape index (κ1) is 11.1. The Kier molecular flexibility index (Phi) is 3.78. The first-order chi connectivity index (χ1) is 7.28. The van der Waals surface area contributed by atoms with E-state index in [0.717, 1.165) is 30.5 Å². The third-order valence-corrected chi connectivity index (χ3v) is 3.41. The van der Waals surface area contributed by atoms with E-state index < -0.39 is 0 Å². The summed E-state index contributed by atoms with van der Waals surface area (Å²) in [4.78, 5) is 2.44. The number of ether oxygens (including phenoxy) is 1. The monoisotopic (exact) mass is 269 g/mol. The average Bonchev–Trinajstić information content (AvgIpc) is 2.69. The van der Waals surface area contributed by atoms with Gasteiger partial charge in [-0.1, -0.05) is 28.1 Å². The van der Waals surface area contributed by atoms with Crippen LogP contribution in [0.25, 0.3) is 0 Å². The lowest BCUT2D eigenvalue weighted by molar-refractivity contribution is 0.107. The van der Waals surface area contributed by atoms with Crippen molar-refractivity contribution in [3.05, 3.63) is 34.3 Å². The Morgan fingerprint density at radius 2 is 2.13 bits per heavy atom. The van der Waals surface area contributed by atoms with Crippen LogP contribution in [0, 0.1) is 0 Å². The summed E-state index contributed by atoms with van der Waals surface area (Å²) in [6.07, 6.45) is 1.59. The minimum absolute atomic E-state index is 0.431. The molecule has 1 aliphatic heterocycles. The fraction of sp³-hybridized carbons (Fsp3) is 0.500. The minimum Gasteiger partial charge on any atom is -0.380 e. The van der Waals surface area contributed by atoms with Crippen molar-refractivity contribution in [2.75, 3.05) is 20.2 Å². The number of rotatable bonds is 3. The van der Waals surface area contributed by atoms with E-state index in [4.69, 9.17) is 4.74 Å². The fourth-order valence-electron chi connectivity index (χ4n) is 1.98. The van der Waals surface area contributed by atoms with E-state index in [-0.39, 0.29) is 0 Å². The van der Waals surface area contributed by atoms with E-state index in [1.807, 2.05) is 0 Å². The van der Waals surface area contributed by atoms with Gasteiger partial charge in [-0.05, 0) is 24.1 Å². The first-order valence-corrected chi connectivity index (χ1v) is 6.07. The summed E-state index contributed by atoms with van der Waals surface area (Å²) in [7, 11) is 1.80. The highest BCUT2D eigenvalue weighted by Gasteiger charge is 2.21. The molecule has 2 rings (SSSR count). The summed E-state index contributed by atoms with van der Waals surface area (Å²) < 4.78 is 6.49. The molecule has 1 unspecified atom stereocenters. The van der Waals surface area contributed by atoms with Gasteiger partial charge in [0.05, 0.1) is 6.10 Å². The van der Waals surface area contributed by atoms with E-state index in [2.05, 4.69) is 45.1 Å². The maximum absolute atomic E-state index is 5.35. The Labute approximate surface area is 99.4 Å². The number of halogens is 1. The Bertz CT molecular complexity index is 312. The molecule has 1 atom stereocenters. The van der Waals surface area contributed by atoms with E-state index in [1.165, 1.54) is 5.56 Å². The van der Waals surface area contributed by atoms with Gasteiger partial charge in [0.2, 0.25) is 0 Å². The van der Waals surface area contributed by atoms with Gasteiger partial charge in [0.25, 0.3) is 0 Å². The van der Waals surface area contributed by atoms with Crippen LogP contribution in [0.1, 0.15) is 12.0 Å². The zero-order chi connectivity index (χ0) is 10.7. The second-order valence-corrected chi connectivity index (χ2v) is 4.92. The smallest absolute Gasteiger partial charge is 0.0710 e. The second kappa shape index (κ2) is 5.10. The van der Waals surface area contributed by atoms with Crippen molar-refractivity contribution in [3.8, 4) is 0 Å². The SMILES string of the molecule is COC1CCN(Cc2ccc(Br)cc2)C1. The molecule has 2 nitrogen and oxygen atoms in total. The number of hydrogen-bond donors (Lipinski definition) is 0. The van der Waals surface area contributed by atoms with Crippen LogP contribution in [-0.4, -0.2) is 31.2 Å². The first-order valence-electron chi connectivity index (χ1n) is 5.27. The van der Waals surface area contributed by atoms with Crippen LogP contribution in [-0.2, 0) is 11.3 Å². The summed E-state index contributed by atoms with van der Waals surface area (Å²) in [5.41, 5.74) is 1.37. The van der Waals surface area contributed by atoms with Crippen molar-refractivity contribution >= 4 is 15.9 Å². The van der Waals surface area contributed by atoms with Crippen molar-refractivity contribution in [2.45, 2.75) is 19.1 Å². The molecule has 15 heavy (non-hydrogen) atoms. The van der Waals surface area contributed by atoms with Gasteiger partial charge in [0, 0.05) is 31.2 Å². The molecule has 82 valence electrons. The summed E-state index contributed by atoms with van der Waals surface area (Å²) in [6.45, 7) is 3.24. The topological polar surface area (TPSA) is 12.5 Å². The molecule has 1 saturated heterocycles. The van der Waals surface area contributed by atoms with E-state index in [9.17, 15) is 0 Å². The molecule has 0 bridgehead atoms. The minimum atomic E-state index is 0.431. The molecule has 1 aliphatic rings. The van der Waals surface area contributed by atoms with Crippen molar-refractivity contribution in [1.82, 2.24) is 4.90 Å².